The Hall–Kier alpha value is -3.60. The first-order valence-corrected chi connectivity index (χ1v) is 11.7. The van der Waals surface area contributed by atoms with Gasteiger partial charge in [0.05, 0.1) is 5.69 Å². The molecule has 0 spiro atoms. The van der Waals surface area contributed by atoms with Crippen LogP contribution in [0.2, 0.25) is 0 Å². The molecule has 0 saturated carbocycles. The molecule has 1 aliphatic carbocycles. The number of nitrogens with zero attached hydrogens (tertiary/aromatic N) is 5. The molecule has 5 rings (SSSR count). The second-order valence-electron chi connectivity index (χ2n) is 10.7. The van der Waals surface area contributed by atoms with Gasteiger partial charge in [-0.25, -0.2) is 4.98 Å². The Morgan fingerprint density at radius 2 is 1.32 bits per heavy atom. The van der Waals surface area contributed by atoms with E-state index < -0.39 is 0 Å². The van der Waals surface area contributed by atoms with Crippen molar-refractivity contribution >= 4 is 5.95 Å². The van der Waals surface area contributed by atoms with Crippen molar-refractivity contribution in [1.29, 1.82) is 0 Å². The van der Waals surface area contributed by atoms with E-state index in [0.717, 1.165) is 28.8 Å². The zero-order valence-corrected chi connectivity index (χ0v) is 20.8. The number of aromatic nitrogens is 4. The number of hydrogen-bond donors (Lipinski definition) is 0. The lowest BCUT2D eigenvalue weighted by Gasteiger charge is -2.22. The minimum Gasteiger partial charge on any atom is -0.347 e. The van der Waals surface area contributed by atoms with E-state index >= 15 is 0 Å². The van der Waals surface area contributed by atoms with E-state index in [2.05, 4.69) is 61.9 Å². The van der Waals surface area contributed by atoms with Gasteiger partial charge in [-0.1, -0.05) is 70.2 Å². The highest BCUT2D eigenvalue weighted by atomic mass is 15.2. The summed E-state index contributed by atoms with van der Waals surface area (Å²) in [5.74, 6) is 1.90. The molecule has 0 amide bonds. The van der Waals surface area contributed by atoms with E-state index in [-0.39, 0.29) is 10.8 Å². The van der Waals surface area contributed by atoms with E-state index in [9.17, 15) is 0 Å². The third-order valence-electron chi connectivity index (χ3n) is 6.73. The van der Waals surface area contributed by atoms with Crippen LogP contribution in [0.25, 0.3) is 34.0 Å². The van der Waals surface area contributed by atoms with Gasteiger partial charge in [0.15, 0.2) is 11.6 Å². The standard InChI is InChI=1S/C29H31N5/c1-28(2)18-29(3,4)23-16-20(12-14-22(23)28)24-15-13-21(17-30-24)26-31-25(19-10-8-7-9-11-19)32-27(33-26)34(5)6/h7-17H,18H2,1-6H3. The van der Waals surface area contributed by atoms with Gasteiger partial charge in [-0.2, -0.15) is 9.97 Å². The second kappa shape index (κ2) is 8.01. The minimum atomic E-state index is 0.163. The van der Waals surface area contributed by atoms with Gasteiger partial charge in [-0.15, -0.1) is 0 Å². The van der Waals surface area contributed by atoms with Crippen LogP contribution in [-0.2, 0) is 10.8 Å². The fraction of sp³-hybridized carbons (Fsp3) is 0.310. The summed E-state index contributed by atoms with van der Waals surface area (Å²) in [6, 6.07) is 20.9. The van der Waals surface area contributed by atoms with Crippen molar-refractivity contribution < 1.29 is 0 Å². The molecule has 34 heavy (non-hydrogen) atoms. The SMILES string of the molecule is CN(C)c1nc(-c2ccccc2)nc(-c2ccc(-c3ccc4c(c3)C(C)(C)CC4(C)C)nc2)n1. The lowest BCUT2D eigenvalue weighted by atomic mass is 9.82. The molecule has 0 N–H and O–H groups in total. The van der Waals surface area contributed by atoms with Crippen LogP contribution in [0, 0.1) is 0 Å². The molecule has 5 nitrogen and oxygen atoms in total. The maximum Gasteiger partial charge on any atom is 0.228 e. The van der Waals surface area contributed by atoms with Gasteiger partial charge < -0.3 is 4.90 Å². The van der Waals surface area contributed by atoms with Crippen LogP contribution < -0.4 is 4.90 Å². The zero-order valence-electron chi connectivity index (χ0n) is 20.8. The smallest absolute Gasteiger partial charge is 0.228 e. The van der Waals surface area contributed by atoms with E-state index in [1.54, 1.807) is 0 Å². The molecular weight excluding hydrogens is 418 g/mol. The Morgan fingerprint density at radius 1 is 0.676 bits per heavy atom. The monoisotopic (exact) mass is 449 g/mol. The Kier molecular flexibility index (Phi) is 5.23. The number of pyridine rings is 1. The van der Waals surface area contributed by atoms with Crippen molar-refractivity contribution in [2.45, 2.75) is 44.9 Å². The third kappa shape index (κ3) is 3.96. The Labute approximate surface area is 202 Å². The zero-order chi connectivity index (χ0) is 24.1. The summed E-state index contributed by atoms with van der Waals surface area (Å²) in [7, 11) is 3.87. The minimum absolute atomic E-state index is 0.163. The Morgan fingerprint density at radius 3 is 1.97 bits per heavy atom. The summed E-state index contributed by atoms with van der Waals surface area (Å²) in [6.07, 6.45) is 3.02. The van der Waals surface area contributed by atoms with Crippen LogP contribution in [0.5, 0.6) is 0 Å². The van der Waals surface area contributed by atoms with Gasteiger partial charge in [-0.3, -0.25) is 4.98 Å². The van der Waals surface area contributed by atoms with Crippen LogP contribution in [0.3, 0.4) is 0 Å². The van der Waals surface area contributed by atoms with Crippen molar-refractivity contribution in [2.75, 3.05) is 19.0 Å². The summed E-state index contributed by atoms with van der Waals surface area (Å²) in [5.41, 5.74) is 7.18. The van der Waals surface area contributed by atoms with Crippen LogP contribution in [-0.4, -0.2) is 34.0 Å². The first kappa shape index (κ1) is 22.2. The first-order chi connectivity index (χ1) is 16.1. The van der Waals surface area contributed by atoms with Crippen LogP contribution in [0.15, 0.2) is 66.9 Å². The molecule has 0 fully saturated rings. The normalized spacial score (nSPS) is 15.7. The van der Waals surface area contributed by atoms with Gasteiger partial charge >= 0.3 is 0 Å². The molecule has 1 aliphatic rings. The molecule has 0 bridgehead atoms. The summed E-state index contributed by atoms with van der Waals surface area (Å²) in [4.78, 5) is 20.8. The van der Waals surface area contributed by atoms with Crippen LogP contribution >= 0.6 is 0 Å². The molecule has 0 saturated heterocycles. The number of rotatable bonds is 4. The molecule has 0 radical (unpaired) electrons. The van der Waals surface area contributed by atoms with Gasteiger partial charge in [0.2, 0.25) is 5.95 Å². The molecule has 172 valence electrons. The van der Waals surface area contributed by atoms with Crippen molar-refractivity contribution in [3.63, 3.8) is 0 Å². The van der Waals surface area contributed by atoms with Gasteiger partial charge in [0, 0.05) is 37.0 Å². The van der Waals surface area contributed by atoms with E-state index in [4.69, 9.17) is 9.97 Å². The highest BCUT2D eigenvalue weighted by Gasteiger charge is 2.41. The third-order valence-corrected chi connectivity index (χ3v) is 6.73. The first-order valence-electron chi connectivity index (χ1n) is 11.7. The molecule has 0 unspecified atom stereocenters. The van der Waals surface area contributed by atoms with E-state index in [0.29, 0.717) is 17.6 Å². The highest BCUT2D eigenvalue weighted by molar-refractivity contribution is 5.67. The topological polar surface area (TPSA) is 54.8 Å². The number of anilines is 1. The summed E-state index contributed by atoms with van der Waals surface area (Å²) >= 11 is 0. The predicted molar refractivity (Wildman–Crippen MR) is 139 cm³/mol. The lowest BCUT2D eigenvalue weighted by molar-refractivity contribution is 0.403. The van der Waals surface area contributed by atoms with E-state index in [1.165, 1.54) is 11.1 Å². The maximum absolute atomic E-state index is 4.80. The quantitative estimate of drug-likeness (QED) is 0.366. The summed E-state index contributed by atoms with van der Waals surface area (Å²) in [5, 5.41) is 0. The van der Waals surface area contributed by atoms with Crippen molar-refractivity contribution in [3.05, 3.63) is 78.0 Å². The molecule has 0 atom stereocenters. The van der Waals surface area contributed by atoms with Crippen LogP contribution in [0.1, 0.15) is 45.2 Å². The number of fused-ring (bicyclic) bond motifs is 1. The average Bonchev–Trinajstić information content (AvgIpc) is 3.02. The molecule has 4 aromatic rings. The highest BCUT2D eigenvalue weighted by Crippen LogP contribution is 2.50. The number of hydrogen-bond acceptors (Lipinski definition) is 5. The van der Waals surface area contributed by atoms with Gasteiger partial charge in [0.25, 0.3) is 0 Å². The largest absolute Gasteiger partial charge is 0.347 e. The fourth-order valence-corrected chi connectivity index (χ4v) is 5.26. The Balaban J connectivity index is 1.52. The predicted octanol–water partition coefficient (Wildman–Crippen LogP) is 6.29. The molecule has 5 heteroatoms. The Bertz CT molecular complexity index is 1340. The molecule has 0 aliphatic heterocycles. The molecular formula is C29H31N5. The molecule has 2 aromatic carbocycles. The summed E-state index contributed by atoms with van der Waals surface area (Å²) in [6.45, 7) is 9.37. The lowest BCUT2D eigenvalue weighted by Crippen LogP contribution is -2.17. The van der Waals surface area contributed by atoms with Crippen molar-refractivity contribution in [2.24, 2.45) is 0 Å². The van der Waals surface area contributed by atoms with Crippen molar-refractivity contribution in [3.8, 4) is 34.0 Å². The second-order valence-corrected chi connectivity index (χ2v) is 10.7. The fourth-order valence-electron chi connectivity index (χ4n) is 5.26. The van der Waals surface area contributed by atoms with Crippen LogP contribution in [0.4, 0.5) is 5.95 Å². The van der Waals surface area contributed by atoms with Crippen molar-refractivity contribution in [1.82, 2.24) is 19.9 Å². The molecule has 2 aromatic heterocycles. The van der Waals surface area contributed by atoms with Gasteiger partial charge in [-0.05, 0) is 46.6 Å². The molecule has 2 heterocycles. The number of benzene rings is 2. The maximum atomic E-state index is 4.80. The van der Waals surface area contributed by atoms with Gasteiger partial charge in [0.1, 0.15) is 0 Å². The average molecular weight is 450 g/mol. The van der Waals surface area contributed by atoms with E-state index in [1.807, 2.05) is 61.6 Å². The summed E-state index contributed by atoms with van der Waals surface area (Å²) < 4.78 is 0.